The average molecular weight is 420 g/mol. The first-order valence-electron chi connectivity index (χ1n) is 9.80. The highest BCUT2D eigenvalue weighted by Crippen LogP contribution is 2.36. The number of para-hydroxylation sites is 1. The molecule has 1 aliphatic heterocycles. The fraction of sp³-hybridized carbons (Fsp3) is 0.500. The maximum Gasteiger partial charge on any atom is 0.321 e. The van der Waals surface area contributed by atoms with Crippen molar-refractivity contribution in [1.82, 2.24) is 10.6 Å². The van der Waals surface area contributed by atoms with Crippen molar-refractivity contribution in [3.05, 3.63) is 24.3 Å². The zero-order valence-corrected chi connectivity index (χ0v) is 17.1. The first kappa shape index (κ1) is 21.2. The summed E-state index contributed by atoms with van der Waals surface area (Å²) in [6.07, 6.45) is 3.77. The van der Waals surface area contributed by atoms with Gasteiger partial charge in [-0.2, -0.15) is 0 Å². The Kier molecular flexibility index (Phi) is 7.13. The van der Waals surface area contributed by atoms with Gasteiger partial charge >= 0.3 is 12.0 Å². The summed E-state index contributed by atoms with van der Waals surface area (Å²) in [4.78, 5) is 49.3. The molecule has 29 heavy (non-hydrogen) atoms. The number of esters is 1. The van der Waals surface area contributed by atoms with Crippen LogP contribution in [0.15, 0.2) is 29.2 Å². The van der Waals surface area contributed by atoms with Crippen LogP contribution in [0.5, 0.6) is 0 Å². The van der Waals surface area contributed by atoms with Crippen molar-refractivity contribution in [2.45, 2.75) is 67.7 Å². The van der Waals surface area contributed by atoms with E-state index in [-0.39, 0.29) is 18.4 Å². The van der Waals surface area contributed by atoms with Gasteiger partial charge in [0.1, 0.15) is 0 Å². The number of carbonyl (C=O) groups is 4. The number of nitrogens with one attached hydrogen (secondary N) is 3. The van der Waals surface area contributed by atoms with E-state index in [1.54, 1.807) is 6.07 Å². The van der Waals surface area contributed by atoms with Crippen LogP contribution in [0.3, 0.4) is 0 Å². The second kappa shape index (κ2) is 9.78. The smallest absolute Gasteiger partial charge is 0.321 e. The van der Waals surface area contributed by atoms with Gasteiger partial charge < -0.3 is 15.4 Å². The number of thioether (sulfide) groups is 1. The van der Waals surface area contributed by atoms with Crippen LogP contribution in [-0.2, 0) is 19.1 Å². The monoisotopic (exact) mass is 419 g/mol. The summed E-state index contributed by atoms with van der Waals surface area (Å²) in [5.74, 6) is -1.65. The van der Waals surface area contributed by atoms with E-state index in [1.807, 2.05) is 18.2 Å². The van der Waals surface area contributed by atoms with Crippen LogP contribution < -0.4 is 16.0 Å². The lowest BCUT2D eigenvalue weighted by Crippen LogP contribution is -2.48. The number of hydrogen-bond donors (Lipinski definition) is 3. The molecule has 1 aromatic rings. The van der Waals surface area contributed by atoms with Crippen molar-refractivity contribution in [2.75, 3.05) is 5.32 Å². The number of anilines is 1. The van der Waals surface area contributed by atoms with Crippen LogP contribution in [0, 0.1) is 0 Å². The van der Waals surface area contributed by atoms with Gasteiger partial charge in [0.05, 0.1) is 17.4 Å². The molecule has 0 radical (unpaired) electrons. The molecule has 0 aromatic heterocycles. The van der Waals surface area contributed by atoms with Gasteiger partial charge in [0.25, 0.3) is 5.91 Å². The Balaban J connectivity index is 1.44. The molecule has 0 bridgehead atoms. The Bertz CT molecular complexity index is 794. The number of fused-ring (bicyclic) bond motifs is 1. The second-order valence-corrected chi connectivity index (χ2v) is 8.47. The topological polar surface area (TPSA) is 114 Å². The maximum absolute atomic E-state index is 12.2. The van der Waals surface area contributed by atoms with Crippen molar-refractivity contribution in [3.63, 3.8) is 0 Å². The van der Waals surface area contributed by atoms with Crippen LogP contribution in [-0.4, -0.2) is 41.2 Å². The summed E-state index contributed by atoms with van der Waals surface area (Å²) in [5.41, 5.74) is 0.712. The third kappa shape index (κ3) is 5.96. The highest BCUT2D eigenvalue weighted by atomic mass is 32.2. The van der Waals surface area contributed by atoms with E-state index in [2.05, 4.69) is 16.0 Å². The molecule has 0 unspecified atom stereocenters. The Morgan fingerprint density at radius 2 is 1.93 bits per heavy atom. The summed E-state index contributed by atoms with van der Waals surface area (Å²) in [7, 11) is 0. The van der Waals surface area contributed by atoms with Crippen LogP contribution in [0.4, 0.5) is 10.5 Å². The lowest BCUT2D eigenvalue weighted by molar-refractivity contribution is -0.154. The summed E-state index contributed by atoms with van der Waals surface area (Å²) in [6.45, 7) is 1.39. The SMILES string of the molecule is C[C@H](OC(=O)C[C@H]1Sc2ccccc2NC1=O)C(=O)NC(=O)NC1CCCCC1. The van der Waals surface area contributed by atoms with Crippen LogP contribution >= 0.6 is 11.8 Å². The third-order valence-electron chi connectivity index (χ3n) is 4.91. The van der Waals surface area contributed by atoms with E-state index >= 15 is 0 Å². The fourth-order valence-corrected chi connectivity index (χ4v) is 4.45. The van der Waals surface area contributed by atoms with Crippen molar-refractivity contribution in [2.24, 2.45) is 0 Å². The molecule has 1 fully saturated rings. The molecule has 3 N–H and O–H groups in total. The molecule has 8 nitrogen and oxygen atoms in total. The molecule has 3 rings (SSSR count). The zero-order chi connectivity index (χ0) is 20.8. The van der Waals surface area contributed by atoms with Crippen LogP contribution in [0.2, 0.25) is 0 Å². The van der Waals surface area contributed by atoms with Crippen LogP contribution in [0.1, 0.15) is 45.4 Å². The van der Waals surface area contributed by atoms with Crippen molar-refractivity contribution < 1.29 is 23.9 Å². The molecule has 156 valence electrons. The van der Waals surface area contributed by atoms with E-state index in [4.69, 9.17) is 4.74 Å². The lowest BCUT2D eigenvalue weighted by atomic mass is 9.96. The number of benzene rings is 1. The molecule has 1 saturated carbocycles. The van der Waals surface area contributed by atoms with Gasteiger partial charge in [-0.15, -0.1) is 11.8 Å². The molecule has 1 heterocycles. The standard InChI is InChI=1S/C20H25N3O5S/c1-12(18(25)23-20(27)21-13-7-3-2-4-8-13)28-17(24)11-16-19(26)22-14-9-5-6-10-15(14)29-16/h5-6,9-10,12-13,16H,2-4,7-8,11H2,1H3,(H,22,26)(H2,21,23,25,27)/t12-,16+/m0/s1. The highest BCUT2D eigenvalue weighted by Gasteiger charge is 2.31. The van der Waals surface area contributed by atoms with Crippen molar-refractivity contribution >= 4 is 41.3 Å². The number of rotatable bonds is 5. The molecule has 9 heteroatoms. The van der Waals surface area contributed by atoms with Gasteiger partial charge in [-0.25, -0.2) is 4.79 Å². The number of hydrogen-bond acceptors (Lipinski definition) is 6. The van der Waals surface area contributed by atoms with Gasteiger partial charge in [-0.05, 0) is 31.9 Å². The maximum atomic E-state index is 12.2. The van der Waals surface area contributed by atoms with E-state index in [9.17, 15) is 19.2 Å². The summed E-state index contributed by atoms with van der Waals surface area (Å²) in [6, 6.07) is 6.81. The molecule has 4 amide bonds. The summed E-state index contributed by atoms with van der Waals surface area (Å²) in [5, 5.41) is 7.10. The summed E-state index contributed by atoms with van der Waals surface area (Å²) < 4.78 is 5.12. The van der Waals surface area contributed by atoms with E-state index < -0.39 is 29.3 Å². The minimum absolute atomic E-state index is 0.0686. The molecule has 2 aliphatic rings. The Labute approximate surface area is 173 Å². The summed E-state index contributed by atoms with van der Waals surface area (Å²) >= 11 is 1.28. The van der Waals surface area contributed by atoms with Gasteiger partial charge in [0, 0.05) is 10.9 Å². The highest BCUT2D eigenvalue weighted by molar-refractivity contribution is 8.01. The number of carbonyl (C=O) groups excluding carboxylic acids is 4. The predicted molar refractivity (Wildman–Crippen MR) is 108 cm³/mol. The van der Waals surface area contributed by atoms with E-state index in [0.717, 1.165) is 37.0 Å². The number of urea groups is 1. The first-order chi connectivity index (χ1) is 13.9. The number of amides is 4. The Morgan fingerprint density at radius 3 is 2.69 bits per heavy atom. The minimum Gasteiger partial charge on any atom is -0.452 e. The molecule has 0 saturated heterocycles. The quantitative estimate of drug-likeness (QED) is 0.632. The molecule has 0 spiro atoms. The largest absolute Gasteiger partial charge is 0.452 e. The van der Waals surface area contributed by atoms with Crippen LogP contribution in [0.25, 0.3) is 0 Å². The first-order valence-corrected chi connectivity index (χ1v) is 10.7. The van der Waals surface area contributed by atoms with Gasteiger partial charge in [0.15, 0.2) is 6.10 Å². The number of imide groups is 1. The minimum atomic E-state index is -1.14. The average Bonchev–Trinajstić information content (AvgIpc) is 2.69. The lowest BCUT2D eigenvalue weighted by Gasteiger charge is -2.24. The number of ether oxygens (including phenoxy) is 1. The third-order valence-corrected chi connectivity index (χ3v) is 6.19. The van der Waals surface area contributed by atoms with Gasteiger partial charge in [-0.3, -0.25) is 19.7 Å². The van der Waals surface area contributed by atoms with Gasteiger partial charge in [-0.1, -0.05) is 31.4 Å². The van der Waals surface area contributed by atoms with E-state index in [1.165, 1.54) is 18.7 Å². The Morgan fingerprint density at radius 1 is 1.21 bits per heavy atom. The molecule has 2 atom stereocenters. The molecule has 1 aromatic carbocycles. The predicted octanol–water partition coefficient (Wildman–Crippen LogP) is 2.58. The normalized spacial score (nSPS) is 20.0. The molecular formula is C20H25N3O5S. The van der Waals surface area contributed by atoms with Crippen molar-refractivity contribution in [1.29, 1.82) is 0 Å². The second-order valence-electron chi connectivity index (χ2n) is 7.23. The van der Waals surface area contributed by atoms with E-state index in [0.29, 0.717) is 5.69 Å². The fourth-order valence-electron chi connectivity index (χ4n) is 3.36. The van der Waals surface area contributed by atoms with Crippen molar-refractivity contribution in [3.8, 4) is 0 Å². The zero-order valence-electron chi connectivity index (χ0n) is 16.2. The molecule has 1 aliphatic carbocycles. The molecular weight excluding hydrogens is 394 g/mol. The van der Waals surface area contributed by atoms with Gasteiger partial charge in [0.2, 0.25) is 5.91 Å². The Hall–Kier alpha value is -2.55.